The molecule has 1 aliphatic carbocycles. The summed E-state index contributed by atoms with van der Waals surface area (Å²) in [7, 11) is 0. The van der Waals surface area contributed by atoms with E-state index in [1.165, 1.54) is 25.7 Å². The van der Waals surface area contributed by atoms with E-state index in [1.54, 1.807) is 0 Å². The Morgan fingerprint density at radius 1 is 1.38 bits per heavy atom. The van der Waals surface area contributed by atoms with Crippen LogP contribution < -0.4 is 5.32 Å². The molecule has 96 valence electrons. The standard InChI is InChI=1S/C13H27NOS/c1-3-15-10-6-9-14-11-12(2)16-13-7-4-5-8-13/h12-14H,3-11H2,1-2H3. The van der Waals surface area contributed by atoms with Crippen molar-refractivity contribution < 1.29 is 4.74 Å². The van der Waals surface area contributed by atoms with Gasteiger partial charge in [-0.2, -0.15) is 11.8 Å². The second-order valence-electron chi connectivity index (χ2n) is 4.61. The Labute approximate surface area is 105 Å². The number of rotatable bonds is 9. The molecule has 0 aromatic heterocycles. The van der Waals surface area contributed by atoms with Crippen molar-refractivity contribution in [2.24, 2.45) is 0 Å². The molecule has 0 bridgehead atoms. The molecule has 0 heterocycles. The van der Waals surface area contributed by atoms with Gasteiger partial charge < -0.3 is 10.1 Å². The highest BCUT2D eigenvalue weighted by molar-refractivity contribution is 8.00. The van der Waals surface area contributed by atoms with E-state index in [0.29, 0.717) is 0 Å². The van der Waals surface area contributed by atoms with Gasteiger partial charge in [-0.15, -0.1) is 0 Å². The fraction of sp³-hybridized carbons (Fsp3) is 1.00. The summed E-state index contributed by atoms with van der Waals surface area (Å²) in [5, 5.41) is 5.22. The van der Waals surface area contributed by atoms with Crippen molar-refractivity contribution >= 4 is 11.8 Å². The summed E-state index contributed by atoms with van der Waals surface area (Å²) < 4.78 is 5.30. The molecule has 16 heavy (non-hydrogen) atoms. The second-order valence-corrected chi connectivity index (χ2v) is 6.35. The molecule has 2 nitrogen and oxygen atoms in total. The topological polar surface area (TPSA) is 21.3 Å². The van der Waals surface area contributed by atoms with Crippen LogP contribution >= 0.6 is 11.8 Å². The Morgan fingerprint density at radius 3 is 2.81 bits per heavy atom. The lowest BCUT2D eigenvalue weighted by Crippen LogP contribution is -2.25. The zero-order chi connectivity index (χ0) is 11.6. The monoisotopic (exact) mass is 245 g/mol. The Hall–Kier alpha value is 0.270. The van der Waals surface area contributed by atoms with Gasteiger partial charge in [0.2, 0.25) is 0 Å². The van der Waals surface area contributed by atoms with Crippen LogP contribution in [0.4, 0.5) is 0 Å². The van der Waals surface area contributed by atoms with Crippen LogP contribution in [0.3, 0.4) is 0 Å². The molecule has 0 aromatic rings. The van der Waals surface area contributed by atoms with Gasteiger partial charge in [0.05, 0.1) is 0 Å². The minimum Gasteiger partial charge on any atom is -0.382 e. The number of ether oxygens (including phenoxy) is 1. The molecule has 1 unspecified atom stereocenters. The van der Waals surface area contributed by atoms with E-state index in [0.717, 1.165) is 43.2 Å². The first-order valence-corrected chi connectivity index (χ1v) is 7.71. The third-order valence-electron chi connectivity index (χ3n) is 3.01. The molecule has 0 spiro atoms. The van der Waals surface area contributed by atoms with Crippen molar-refractivity contribution in [2.75, 3.05) is 26.3 Å². The maximum atomic E-state index is 5.30. The van der Waals surface area contributed by atoms with Crippen LogP contribution in [0.15, 0.2) is 0 Å². The van der Waals surface area contributed by atoms with Crippen molar-refractivity contribution in [3.63, 3.8) is 0 Å². The van der Waals surface area contributed by atoms with Crippen LogP contribution in [0.2, 0.25) is 0 Å². The lowest BCUT2D eigenvalue weighted by Gasteiger charge is -2.16. The first-order valence-electron chi connectivity index (χ1n) is 6.77. The summed E-state index contributed by atoms with van der Waals surface area (Å²) in [5.41, 5.74) is 0. The zero-order valence-corrected chi connectivity index (χ0v) is 11.7. The number of hydrogen-bond donors (Lipinski definition) is 1. The van der Waals surface area contributed by atoms with E-state index < -0.39 is 0 Å². The molecular weight excluding hydrogens is 218 g/mol. The minimum absolute atomic E-state index is 0.759. The maximum absolute atomic E-state index is 5.30. The summed E-state index contributed by atoms with van der Waals surface area (Å²) in [5.74, 6) is 0. The molecular formula is C13H27NOS. The molecule has 1 aliphatic rings. The van der Waals surface area contributed by atoms with Gasteiger partial charge >= 0.3 is 0 Å². The van der Waals surface area contributed by atoms with E-state index in [4.69, 9.17) is 4.74 Å². The molecule has 1 saturated carbocycles. The molecule has 3 heteroatoms. The van der Waals surface area contributed by atoms with Crippen LogP contribution in [0.25, 0.3) is 0 Å². The summed E-state index contributed by atoms with van der Waals surface area (Å²) in [6.45, 7) is 8.37. The summed E-state index contributed by atoms with van der Waals surface area (Å²) >= 11 is 2.18. The largest absolute Gasteiger partial charge is 0.382 e. The van der Waals surface area contributed by atoms with Gasteiger partial charge in [0, 0.05) is 30.3 Å². The molecule has 0 amide bonds. The molecule has 0 saturated heterocycles. The average molecular weight is 245 g/mol. The predicted molar refractivity (Wildman–Crippen MR) is 73.3 cm³/mol. The highest BCUT2D eigenvalue weighted by atomic mass is 32.2. The van der Waals surface area contributed by atoms with E-state index in [-0.39, 0.29) is 0 Å². The van der Waals surface area contributed by atoms with Crippen molar-refractivity contribution in [2.45, 2.75) is 56.5 Å². The fourth-order valence-corrected chi connectivity index (χ4v) is 3.63. The average Bonchev–Trinajstić information content (AvgIpc) is 2.76. The third kappa shape index (κ3) is 6.77. The molecule has 1 fully saturated rings. The van der Waals surface area contributed by atoms with Crippen LogP contribution in [-0.2, 0) is 4.74 Å². The molecule has 0 aromatic carbocycles. The van der Waals surface area contributed by atoms with Crippen LogP contribution in [0.5, 0.6) is 0 Å². The van der Waals surface area contributed by atoms with Crippen molar-refractivity contribution in [1.82, 2.24) is 5.32 Å². The van der Waals surface area contributed by atoms with E-state index >= 15 is 0 Å². The first kappa shape index (κ1) is 14.3. The number of nitrogens with one attached hydrogen (secondary N) is 1. The molecule has 1 rings (SSSR count). The van der Waals surface area contributed by atoms with Gasteiger partial charge in [-0.3, -0.25) is 0 Å². The molecule has 0 aliphatic heterocycles. The van der Waals surface area contributed by atoms with Gasteiger partial charge in [-0.1, -0.05) is 19.8 Å². The summed E-state index contributed by atoms with van der Waals surface area (Å²) in [6, 6.07) is 0. The number of thioether (sulfide) groups is 1. The normalized spacial score (nSPS) is 19.1. The van der Waals surface area contributed by atoms with Crippen molar-refractivity contribution in [3.05, 3.63) is 0 Å². The summed E-state index contributed by atoms with van der Waals surface area (Å²) in [6.07, 6.45) is 6.92. The van der Waals surface area contributed by atoms with E-state index in [2.05, 4.69) is 24.0 Å². The van der Waals surface area contributed by atoms with Crippen LogP contribution in [0.1, 0.15) is 46.0 Å². The Morgan fingerprint density at radius 2 is 2.12 bits per heavy atom. The first-order chi connectivity index (χ1) is 7.83. The van der Waals surface area contributed by atoms with Gasteiger partial charge in [0.1, 0.15) is 0 Å². The zero-order valence-electron chi connectivity index (χ0n) is 10.8. The van der Waals surface area contributed by atoms with Gasteiger partial charge in [0.25, 0.3) is 0 Å². The SMILES string of the molecule is CCOCCCNCC(C)SC1CCCC1. The van der Waals surface area contributed by atoms with Crippen LogP contribution in [0, 0.1) is 0 Å². The predicted octanol–water partition coefficient (Wildman–Crippen LogP) is 3.07. The second kappa shape index (κ2) is 9.32. The highest BCUT2D eigenvalue weighted by Crippen LogP contribution is 2.31. The Balaban J connectivity index is 1.87. The third-order valence-corrected chi connectivity index (χ3v) is 4.49. The van der Waals surface area contributed by atoms with E-state index in [9.17, 15) is 0 Å². The van der Waals surface area contributed by atoms with Crippen molar-refractivity contribution in [3.8, 4) is 0 Å². The van der Waals surface area contributed by atoms with Gasteiger partial charge in [-0.25, -0.2) is 0 Å². The number of hydrogen-bond acceptors (Lipinski definition) is 3. The molecule has 0 radical (unpaired) electrons. The van der Waals surface area contributed by atoms with Gasteiger partial charge in [-0.05, 0) is 32.7 Å². The van der Waals surface area contributed by atoms with Gasteiger partial charge in [0.15, 0.2) is 0 Å². The summed E-state index contributed by atoms with van der Waals surface area (Å²) in [4.78, 5) is 0. The Bertz CT molecular complexity index is 160. The Kier molecular flexibility index (Phi) is 8.34. The molecule has 1 atom stereocenters. The quantitative estimate of drug-likeness (QED) is 0.631. The highest BCUT2D eigenvalue weighted by Gasteiger charge is 2.17. The lowest BCUT2D eigenvalue weighted by atomic mass is 10.4. The maximum Gasteiger partial charge on any atom is 0.0477 e. The fourth-order valence-electron chi connectivity index (χ4n) is 2.15. The van der Waals surface area contributed by atoms with E-state index in [1.807, 2.05) is 6.92 Å². The molecule has 1 N–H and O–H groups in total. The smallest absolute Gasteiger partial charge is 0.0477 e. The van der Waals surface area contributed by atoms with Crippen LogP contribution in [-0.4, -0.2) is 36.8 Å². The lowest BCUT2D eigenvalue weighted by molar-refractivity contribution is 0.145. The van der Waals surface area contributed by atoms with Crippen molar-refractivity contribution in [1.29, 1.82) is 0 Å². The minimum atomic E-state index is 0.759.